The van der Waals surface area contributed by atoms with Crippen molar-refractivity contribution in [2.45, 2.75) is 75.5 Å². The topological polar surface area (TPSA) is 135 Å². The molecular weight excluding hydrogens is 674 g/mol. The quantitative estimate of drug-likeness (QED) is 0.179. The Morgan fingerprint density at radius 1 is 1.14 bits per heavy atom. The minimum Gasteiger partial charge on any atom is -0.455 e. The highest BCUT2D eigenvalue weighted by atomic mass is 35.5. The number of halogens is 1. The average Bonchev–Trinajstić information content (AvgIpc) is 3.76. The van der Waals surface area contributed by atoms with Gasteiger partial charge in [-0.25, -0.2) is 0 Å². The normalized spacial score (nSPS) is 25.2. The number of nitrogens with zero attached hydrogens (tertiary/aromatic N) is 2. The van der Waals surface area contributed by atoms with E-state index in [1.165, 1.54) is 16.9 Å². The Hall–Kier alpha value is -4.03. The minimum absolute atomic E-state index is 0.0433. The molecule has 274 valence electrons. The zero-order valence-electron chi connectivity index (χ0n) is 29.4. The highest BCUT2D eigenvalue weighted by molar-refractivity contribution is 6.34. The van der Waals surface area contributed by atoms with Crippen LogP contribution < -0.4 is 10.2 Å². The lowest BCUT2D eigenvalue weighted by atomic mass is 9.70. The molecule has 3 fully saturated rings. The molecule has 0 aromatic heterocycles. The summed E-state index contributed by atoms with van der Waals surface area (Å²) in [6.45, 7) is 11.0. The Morgan fingerprint density at radius 3 is 2.47 bits per heavy atom. The predicted octanol–water partition coefficient (Wildman–Crippen LogP) is 4.63. The first kappa shape index (κ1) is 38.2. The number of allylic oxidation sites excluding steroid dienone is 1. The van der Waals surface area contributed by atoms with E-state index in [1.54, 1.807) is 60.7 Å². The van der Waals surface area contributed by atoms with Crippen LogP contribution in [0.15, 0.2) is 79.9 Å². The minimum atomic E-state index is -1.36. The molecule has 2 N–H and O–H groups in total. The Morgan fingerprint density at radius 2 is 1.84 bits per heavy atom. The fourth-order valence-corrected chi connectivity index (χ4v) is 8.23. The maximum atomic E-state index is 14.9. The molecule has 2 aromatic carbocycles. The van der Waals surface area contributed by atoms with Crippen molar-refractivity contribution < 1.29 is 38.5 Å². The summed E-state index contributed by atoms with van der Waals surface area (Å²) < 4.78 is 18.4. The molecule has 2 bridgehead atoms. The molecule has 0 aliphatic carbocycles. The Labute approximate surface area is 304 Å². The summed E-state index contributed by atoms with van der Waals surface area (Å²) in [5.41, 5.74) is -0.295. The number of carbonyl (C=O) groups excluding carboxylic acids is 4. The number of aliphatic hydroxyl groups excluding tert-OH is 1. The van der Waals surface area contributed by atoms with E-state index in [1.807, 2.05) is 19.9 Å². The van der Waals surface area contributed by atoms with Gasteiger partial charge >= 0.3 is 5.97 Å². The van der Waals surface area contributed by atoms with Crippen LogP contribution in [0.4, 0.5) is 5.69 Å². The molecule has 3 amide bonds. The molecule has 1 spiro atoms. The standard InChI is InChI=1S/C39H48ClN3O8/c1-6-8-18-31(45)41-27(23-49-5)34(25-14-10-9-11-15-25)50-38(48)32-30-19-20-39(51-30)33(32)36(46)43(29(22-44)24(3)4)35(39)37(47)42(21-7-2)28-17-13-12-16-26(28)40/h6-7,9-17,24,27,29-30,32-35,44H,1-2,8,18-23H2,3-5H3,(H,41,45)/t27-,29-,30-,32+,33+,34-,35-,39+/m0/s1. The second kappa shape index (κ2) is 16.5. The van der Waals surface area contributed by atoms with Crippen LogP contribution in [0.3, 0.4) is 0 Å². The summed E-state index contributed by atoms with van der Waals surface area (Å²) >= 11 is 6.59. The van der Waals surface area contributed by atoms with Crippen molar-refractivity contribution in [3.8, 4) is 0 Å². The second-order valence-corrected chi connectivity index (χ2v) is 14.1. The number of benzene rings is 2. The first-order chi connectivity index (χ1) is 24.5. The number of carbonyl (C=O) groups is 4. The lowest BCUT2D eigenvalue weighted by Gasteiger charge is -2.40. The molecule has 3 saturated heterocycles. The number of amides is 3. The van der Waals surface area contributed by atoms with Crippen LogP contribution in [-0.4, -0.2) is 90.4 Å². The smallest absolute Gasteiger partial charge is 0.313 e. The van der Waals surface area contributed by atoms with Crippen molar-refractivity contribution in [1.82, 2.24) is 10.2 Å². The number of aliphatic hydroxyl groups is 1. The number of rotatable bonds is 17. The molecule has 0 saturated carbocycles. The second-order valence-electron chi connectivity index (χ2n) is 13.7. The highest BCUT2D eigenvalue weighted by Crippen LogP contribution is 2.59. The van der Waals surface area contributed by atoms with E-state index >= 15 is 0 Å². The number of hydrogen-bond acceptors (Lipinski definition) is 8. The van der Waals surface area contributed by atoms with Crippen LogP contribution in [0.1, 0.15) is 51.2 Å². The van der Waals surface area contributed by atoms with Gasteiger partial charge in [-0.2, -0.15) is 0 Å². The summed E-state index contributed by atoms with van der Waals surface area (Å²) in [6.07, 6.45) is 2.99. The van der Waals surface area contributed by atoms with Gasteiger partial charge in [0.2, 0.25) is 11.8 Å². The maximum absolute atomic E-state index is 14.9. The monoisotopic (exact) mass is 721 g/mol. The molecule has 3 heterocycles. The van der Waals surface area contributed by atoms with Gasteiger partial charge in [0, 0.05) is 20.1 Å². The Balaban J connectivity index is 1.54. The summed E-state index contributed by atoms with van der Waals surface area (Å²) in [6, 6.07) is 13.3. The summed E-state index contributed by atoms with van der Waals surface area (Å²) in [5.74, 6) is -4.17. The fraction of sp³-hybridized carbons (Fsp3) is 0.487. The van der Waals surface area contributed by atoms with E-state index in [0.29, 0.717) is 35.5 Å². The number of para-hydroxylation sites is 1. The number of methoxy groups -OCH3 is 1. The zero-order valence-corrected chi connectivity index (χ0v) is 30.2. The van der Waals surface area contributed by atoms with Gasteiger partial charge in [-0.15, -0.1) is 13.2 Å². The Kier molecular flexibility index (Phi) is 12.4. The van der Waals surface area contributed by atoms with Crippen LogP contribution >= 0.6 is 11.6 Å². The molecule has 8 atom stereocenters. The lowest BCUT2D eigenvalue weighted by Crippen LogP contribution is -2.59. The molecular formula is C39H48ClN3O8. The SMILES string of the molecule is C=CCCC(=O)N[C@@H](COC)[C@@H](OC(=O)[C@@H]1[C@@H]2CC[C@]3(O2)[C@H](C(=O)N(CC=C)c2ccccc2Cl)N([C@@H](CO)C(C)C)C(=O)[C@@H]13)c1ccccc1. The van der Waals surface area contributed by atoms with Gasteiger partial charge in [0.05, 0.1) is 53.9 Å². The Bertz CT molecular complexity index is 1600. The van der Waals surface area contributed by atoms with Gasteiger partial charge in [0.25, 0.3) is 5.91 Å². The van der Waals surface area contributed by atoms with Crippen molar-refractivity contribution in [3.63, 3.8) is 0 Å². The van der Waals surface area contributed by atoms with E-state index in [4.69, 9.17) is 25.8 Å². The lowest BCUT2D eigenvalue weighted by molar-refractivity contribution is -0.163. The first-order valence-corrected chi connectivity index (χ1v) is 17.8. The fourth-order valence-electron chi connectivity index (χ4n) is 8.00. The van der Waals surface area contributed by atoms with Gasteiger partial charge < -0.3 is 34.4 Å². The summed E-state index contributed by atoms with van der Waals surface area (Å²) in [7, 11) is 1.49. The molecule has 0 unspecified atom stereocenters. The van der Waals surface area contributed by atoms with E-state index in [-0.39, 0.29) is 31.4 Å². The molecule has 11 nitrogen and oxygen atoms in total. The largest absolute Gasteiger partial charge is 0.455 e. The molecule has 12 heteroatoms. The average molecular weight is 722 g/mol. The van der Waals surface area contributed by atoms with Crippen molar-refractivity contribution >= 4 is 41.0 Å². The van der Waals surface area contributed by atoms with Gasteiger partial charge in [0.15, 0.2) is 0 Å². The molecule has 51 heavy (non-hydrogen) atoms. The van der Waals surface area contributed by atoms with Crippen molar-refractivity contribution in [2.24, 2.45) is 17.8 Å². The summed E-state index contributed by atoms with van der Waals surface area (Å²) in [4.78, 5) is 59.9. The molecule has 3 aliphatic rings. The van der Waals surface area contributed by atoms with Crippen molar-refractivity contribution in [1.29, 1.82) is 0 Å². The number of ether oxygens (including phenoxy) is 3. The highest BCUT2D eigenvalue weighted by Gasteiger charge is 2.76. The van der Waals surface area contributed by atoms with E-state index in [0.717, 1.165) is 0 Å². The number of anilines is 1. The van der Waals surface area contributed by atoms with Gasteiger partial charge in [-0.05, 0) is 42.9 Å². The summed E-state index contributed by atoms with van der Waals surface area (Å²) in [5, 5.41) is 13.9. The molecule has 5 rings (SSSR count). The van der Waals surface area contributed by atoms with Gasteiger partial charge in [-0.3, -0.25) is 19.2 Å². The number of esters is 1. The van der Waals surface area contributed by atoms with Crippen LogP contribution in [0.2, 0.25) is 5.02 Å². The third kappa shape index (κ3) is 7.35. The maximum Gasteiger partial charge on any atom is 0.313 e. The third-order valence-electron chi connectivity index (χ3n) is 10.3. The van der Waals surface area contributed by atoms with Gasteiger partial charge in [0.1, 0.15) is 17.7 Å². The molecule has 2 aromatic rings. The van der Waals surface area contributed by atoms with Crippen molar-refractivity contribution in [3.05, 3.63) is 90.5 Å². The van der Waals surface area contributed by atoms with E-state index in [9.17, 15) is 24.3 Å². The number of fused-ring (bicyclic) bond motifs is 1. The number of likely N-dealkylation sites (tertiary alicyclic amines) is 1. The van der Waals surface area contributed by atoms with Crippen molar-refractivity contribution in [2.75, 3.05) is 31.8 Å². The van der Waals surface area contributed by atoms with Crippen LogP contribution in [0.25, 0.3) is 0 Å². The molecule has 3 aliphatic heterocycles. The van der Waals surface area contributed by atoms with Crippen LogP contribution in [0, 0.1) is 17.8 Å². The molecule has 0 radical (unpaired) electrons. The van der Waals surface area contributed by atoms with Crippen LogP contribution in [0.5, 0.6) is 0 Å². The predicted molar refractivity (Wildman–Crippen MR) is 193 cm³/mol. The number of nitrogens with one attached hydrogen (secondary N) is 1. The van der Waals surface area contributed by atoms with E-state index < -0.39 is 72.2 Å². The van der Waals surface area contributed by atoms with E-state index in [2.05, 4.69) is 18.5 Å². The first-order valence-electron chi connectivity index (χ1n) is 17.5. The zero-order chi connectivity index (χ0) is 36.9. The van der Waals surface area contributed by atoms with Crippen LogP contribution in [-0.2, 0) is 33.4 Å². The number of hydrogen-bond donors (Lipinski definition) is 2. The third-order valence-corrected chi connectivity index (χ3v) is 10.6. The van der Waals surface area contributed by atoms with Gasteiger partial charge in [-0.1, -0.05) is 80.1 Å².